The van der Waals surface area contributed by atoms with Crippen molar-refractivity contribution in [2.75, 3.05) is 0 Å². The van der Waals surface area contributed by atoms with E-state index in [1.807, 2.05) is 6.07 Å². The first-order valence-corrected chi connectivity index (χ1v) is 4.58. The first kappa shape index (κ1) is 10.7. The Bertz CT molecular complexity index is 379. The maximum atomic E-state index is 10.8. The molecule has 0 spiro atoms. The zero-order valence-electron chi connectivity index (χ0n) is 7.73. The van der Waals surface area contributed by atoms with E-state index in [-0.39, 0.29) is 11.2 Å². The zero-order chi connectivity index (χ0) is 10.6. The molecule has 1 unspecified atom stereocenters. The second-order valence-corrected chi connectivity index (χ2v) is 3.22. The summed E-state index contributed by atoms with van der Waals surface area (Å²) in [5.74, 6) is 2.57. The van der Waals surface area contributed by atoms with Crippen LogP contribution in [0.3, 0.4) is 0 Å². The molecular weight excluding hydrogens is 196 g/mol. The number of carbonyl (C=O) groups is 1. The average Bonchev–Trinajstić information content (AvgIpc) is 2.16. The summed E-state index contributed by atoms with van der Waals surface area (Å²) in [7, 11) is 0. The van der Waals surface area contributed by atoms with Crippen molar-refractivity contribution in [3.8, 4) is 18.1 Å². The molecule has 3 heteroatoms. The van der Waals surface area contributed by atoms with Crippen LogP contribution in [-0.2, 0) is 4.79 Å². The van der Waals surface area contributed by atoms with Gasteiger partial charge in [0.15, 0.2) is 0 Å². The number of terminal acetylenes is 1. The SMILES string of the molecule is C#CC(S)c1ccccc1OC(C)=O. The highest BCUT2D eigenvalue weighted by atomic mass is 32.1. The van der Waals surface area contributed by atoms with Crippen molar-refractivity contribution in [2.24, 2.45) is 0 Å². The highest BCUT2D eigenvalue weighted by Crippen LogP contribution is 2.28. The van der Waals surface area contributed by atoms with Crippen LogP contribution in [0.1, 0.15) is 17.7 Å². The number of hydrogen-bond donors (Lipinski definition) is 1. The van der Waals surface area contributed by atoms with Crippen LogP contribution in [0.4, 0.5) is 0 Å². The molecule has 0 amide bonds. The summed E-state index contributed by atoms with van der Waals surface area (Å²) in [6, 6.07) is 7.08. The van der Waals surface area contributed by atoms with Crippen LogP contribution in [0.15, 0.2) is 24.3 Å². The quantitative estimate of drug-likeness (QED) is 0.347. The van der Waals surface area contributed by atoms with E-state index >= 15 is 0 Å². The number of para-hydroxylation sites is 1. The zero-order valence-corrected chi connectivity index (χ0v) is 8.62. The molecule has 1 aromatic carbocycles. The van der Waals surface area contributed by atoms with E-state index in [4.69, 9.17) is 11.2 Å². The van der Waals surface area contributed by atoms with Crippen LogP contribution < -0.4 is 4.74 Å². The number of hydrogen-bond acceptors (Lipinski definition) is 3. The van der Waals surface area contributed by atoms with Gasteiger partial charge in [-0.15, -0.1) is 6.42 Å². The summed E-state index contributed by atoms with van der Waals surface area (Å²) in [6.07, 6.45) is 5.24. The number of benzene rings is 1. The van der Waals surface area contributed by atoms with Gasteiger partial charge in [0.2, 0.25) is 0 Å². The van der Waals surface area contributed by atoms with Gasteiger partial charge in [-0.25, -0.2) is 0 Å². The Morgan fingerprint density at radius 3 is 2.79 bits per heavy atom. The van der Waals surface area contributed by atoms with Crippen LogP contribution in [0.25, 0.3) is 0 Å². The Balaban J connectivity index is 3.04. The lowest BCUT2D eigenvalue weighted by Gasteiger charge is -2.09. The molecule has 0 heterocycles. The molecule has 1 atom stereocenters. The predicted octanol–water partition coefficient (Wildman–Crippen LogP) is 2.22. The van der Waals surface area contributed by atoms with Crippen LogP contribution in [0.2, 0.25) is 0 Å². The molecule has 0 radical (unpaired) electrons. The molecule has 0 saturated heterocycles. The Morgan fingerprint density at radius 1 is 1.57 bits per heavy atom. The minimum atomic E-state index is -0.366. The Kier molecular flexibility index (Phi) is 3.61. The van der Waals surface area contributed by atoms with Gasteiger partial charge in [0.1, 0.15) is 5.75 Å². The standard InChI is InChI=1S/C11H10O2S/c1-3-11(14)9-6-4-5-7-10(9)13-8(2)12/h1,4-7,11,14H,2H3. The maximum Gasteiger partial charge on any atom is 0.308 e. The van der Waals surface area contributed by atoms with E-state index < -0.39 is 0 Å². The van der Waals surface area contributed by atoms with E-state index in [2.05, 4.69) is 18.5 Å². The van der Waals surface area contributed by atoms with E-state index in [9.17, 15) is 4.79 Å². The number of carbonyl (C=O) groups excluding carboxylic acids is 1. The molecular formula is C11H10O2S. The molecule has 0 aliphatic rings. The molecule has 0 fully saturated rings. The summed E-state index contributed by atoms with van der Waals surface area (Å²) in [4.78, 5) is 10.8. The lowest BCUT2D eigenvalue weighted by molar-refractivity contribution is -0.131. The van der Waals surface area contributed by atoms with Gasteiger partial charge in [-0.2, -0.15) is 12.6 Å². The third kappa shape index (κ3) is 2.54. The first-order valence-electron chi connectivity index (χ1n) is 4.06. The lowest BCUT2D eigenvalue weighted by Crippen LogP contribution is -2.04. The van der Waals surface area contributed by atoms with Crippen LogP contribution >= 0.6 is 12.6 Å². The molecule has 0 N–H and O–H groups in total. The summed E-state index contributed by atoms with van der Waals surface area (Å²) in [6.45, 7) is 1.35. The van der Waals surface area contributed by atoms with Gasteiger partial charge in [-0.3, -0.25) is 4.79 Å². The average molecular weight is 206 g/mol. The molecule has 0 aliphatic heterocycles. The van der Waals surface area contributed by atoms with Gasteiger partial charge in [-0.1, -0.05) is 24.1 Å². The van der Waals surface area contributed by atoms with Crippen LogP contribution in [-0.4, -0.2) is 5.97 Å². The minimum absolute atomic E-state index is 0.356. The molecule has 1 aromatic rings. The Labute approximate surface area is 88.7 Å². The third-order valence-electron chi connectivity index (χ3n) is 1.63. The van der Waals surface area contributed by atoms with Crippen LogP contribution in [0, 0.1) is 12.3 Å². The van der Waals surface area contributed by atoms with Crippen molar-refractivity contribution in [3.63, 3.8) is 0 Å². The molecule has 14 heavy (non-hydrogen) atoms. The van der Waals surface area contributed by atoms with E-state index in [1.54, 1.807) is 18.2 Å². The molecule has 2 nitrogen and oxygen atoms in total. The van der Waals surface area contributed by atoms with Gasteiger partial charge >= 0.3 is 5.97 Å². The summed E-state index contributed by atoms with van der Waals surface area (Å²) < 4.78 is 4.98. The second kappa shape index (κ2) is 4.73. The fraction of sp³-hybridized carbons (Fsp3) is 0.182. The van der Waals surface area contributed by atoms with Crippen molar-refractivity contribution in [1.82, 2.24) is 0 Å². The normalized spacial score (nSPS) is 11.5. The van der Waals surface area contributed by atoms with E-state index in [0.717, 1.165) is 5.56 Å². The minimum Gasteiger partial charge on any atom is -0.426 e. The smallest absolute Gasteiger partial charge is 0.308 e. The van der Waals surface area contributed by atoms with Crippen molar-refractivity contribution < 1.29 is 9.53 Å². The number of thiol groups is 1. The molecule has 0 bridgehead atoms. The van der Waals surface area contributed by atoms with E-state index in [0.29, 0.717) is 5.75 Å². The van der Waals surface area contributed by atoms with E-state index in [1.165, 1.54) is 6.92 Å². The van der Waals surface area contributed by atoms with Gasteiger partial charge in [0.05, 0.1) is 5.25 Å². The third-order valence-corrected chi connectivity index (χ3v) is 2.05. The highest BCUT2D eigenvalue weighted by molar-refractivity contribution is 7.80. The maximum absolute atomic E-state index is 10.8. The Hall–Kier alpha value is -1.40. The first-order chi connectivity index (χ1) is 6.65. The van der Waals surface area contributed by atoms with Gasteiger partial charge in [-0.05, 0) is 6.07 Å². The largest absolute Gasteiger partial charge is 0.426 e. The van der Waals surface area contributed by atoms with Crippen molar-refractivity contribution >= 4 is 18.6 Å². The summed E-state index contributed by atoms with van der Waals surface area (Å²) in [5, 5.41) is -0.356. The van der Waals surface area contributed by atoms with Crippen molar-refractivity contribution in [2.45, 2.75) is 12.2 Å². The molecule has 0 aliphatic carbocycles. The second-order valence-electron chi connectivity index (χ2n) is 2.70. The number of ether oxygens (including phenoxy) is 1. The van der Waals surface area contributed by atoms with Gasteiger partial charge in [0, 0.05) is 12.5 Å². The predicted molar refractivity (Wildman–Crippen MR) is 58.3 cm³/mol. The fourth-order valence-electron chi connectivity index (χ4n) is 1.04. The topological polar surface area (TPSA) is 26.3 Å². The highest BCUT2D eigenvalue weighted by Gasteiger charge is 2.10. The van der Waals surface area contributed by atoms with Gasteiger partial charge in [0.25, 0.3) is 0 Å². The Morgan fingerprint density at radius 2 is 2.21 bits per heavy atom. The summed E-state index contributed by atoms with van der Waals surface area (Å²) in [5.41, 5.74) is 0.730. The van der Waals surface area contributed by atoms with Crippen molar-refractivity contribution in [1.29, 1.82) is 0 Å². The monoisotopic (exact) mass is 206 g/mol. The molecule has 0 aromatic heterocycles. The summed E-state index contributed by atoms with van der Waals surface area (Å²) >= 11 is 4.18. The van der Waals surface area contributed by atoms with Gasteiger partial charge < -0.3 is 4.74 Å². The molecule has 0 saturated carbocycles. The molecule has 1 rings (SSSR count). The fourth-order valence-corrected chi connectivity index (χ4v) is 1.26. The van der Waals surface area contributed by atoms with Crippen LogP contribution in [0.5, 0.6) is 5.75 Å². The lowest BCUT2D eigenvalue weighted by atomic mass is 10.1. The number of esters is 1. The number of rotatable bonds is 2. The molecule has 72 valence electrons. The van der Waals surface area contributed by atoms with Crippen molar-refractivity contribution in [3.05, 3.63) is 29.8 Å².